The molecule has 0 aromatic carbocycles. The van der Waals surface area contributed by atoms with Gasteiger partial charge >= 0.3 is 5.69 Å². The molecule has 0 bridgehead atoms. The lowest BCUT2D eigenvalue weighted by Gasteiger charge is -2.34. The van der Waals surface area contributed by atoms with Gasteiger partial charge in [0.25, 0.3) is 5.92 Å². The number of halogens is 2. The minimum atomic E-state index is -3.17. The highest BCUT2D eigenvalue weighted by atomic mass is 32.3. The van der Waals surface area contributed by atoms with Crippen LogP contribution in [0.4, 0.5) is 14.6 Å². The molecule has 2 N–H and O–H groups in total. The second-order valence-electron chi connectivity index (χ2n) is 5.66. The van der Waals surface area contributed by atoms with Gasteiger partial charge in [0.2, 0.25) is 6.23 Å². The molecule has 1 saturated heterocycles. The zero-order chi connectivity index (χ0) is 17.3. The molecule has 0 radical (unpaired) electrons. The van der Waals surface area contributed by atoms with Gasteiger partial charge in [0.05, 0.1) is 12.7 Å². The Labute approximate surface area is 135 Å². The number of nitrogens with zero attached hydrogens (tertiary/aromatic N) is 2. The van der Waals surface area contributed by atoms with E-state index >= 15 is 0 Å². The Balaban J connectivity index is 2.11. The summed E-state index contributed by atoms with van der Waals surface area (Å²) in [6.07, 6.45) is 0.272. The Morgan fingerprint density at radius 3 is 2.74 bits per heavy atom. The molecule has 0 saturated carbocycles. The lowest BCUT2D eigenvalue weighted by Crippen LogP contribution is -2.35. The van der Waals surface area contributed by atoms with Crippen LogP contribution in [0.25, 0.3) is 0 Å². The number of ether oxygens (including phenoxy) is 1. The van der Waals surface area contributed by atoms with Gasteiger partial charge in [-0.1, -0.05) is 13.8 Å². The van der Waals surface area contributed by atoms with E-state index in [0.717, 1.165) is 16.1 Å². The molecule has 2 atom stereocenters. The molecule has 1 aromatic heterocycles. The van der Waals surface area contributed by atoms with Crippen LogP contribution in [0.2, 0.25) is 0 Å². The Hall–Kier alpha value is -1.19. The van der Waals surface area contributed by atoms with Crippen molar-refractivity contribution in [3.8, 4) is 0 Å². The molecule has 1 aromatic rings. The van der Waals surface area contributed by atoms with Crippen molar-refractivity contribution in [2.75, 3.05) is 30.1 Å². The zero-order valence-electron chi connectivity index (χ0n) is 13.5. The fourth-order valence-corrected chi connectivity index (χ4v) is 3.54. The van der Waals surface area contributed by atoms with Gasteiger partial charge < -0.3 is 14.7 Å². The van der Waals surface area contributed by atoms with Crippen molar-refractivity contribution in [3.63, 3.8) is 0 Å². The molecule has 1 fully saturated rings. The number of alkyl halides is 2. The fourth-order valence-electron chi connectivity index (χ4n) is 2.32. The quantitative estimate of drug-likeness (QED) is 0.849. The SMILES string of the molecule is CCS(C)(CC)OCC1CC(F)(F)C(n2ccc(N)nc2=O)O1. The lowest BCUT2D eigenvalue weighted by molar-refractivity contribution is -0.119. The molecule has 0 spiro atoms. The predicted octanol–water partition coefficient (Wildman–Crippen LogP) is 2.15. The number of hydrogen-bond acceptors (Lipinski definition) is 5. The Morgan fingerprint density at radius 1 is 1.52 bits per heavy atom. The molecule has 132 valence electrons. The van der Waals surface area contributed by atoms with Gasteiger partial charge in [-0.2, -0.15) is 4.98 Å². The van der Waals surface area contributed by atoms with Crippen LogP contribution in [0.3, 0.4) is 0 Å². The Morgan fingerprint density at radius 2 is 2.17 bits per heavy atom. The van der Waals surface area contributed by atoms with E-state index in [-0.39, 0.29) is 12.4 Å². The number of nitrogens with two attached hydrogens (primary N) is 1. The van der Waals surface area contributed by atoms with Gasteiger partial charge in [0, 0.05) is 12.6 Å². The van der Waals surface area contributed by atoms with Gasteiger partial charge in [-0.25, -0.2) is 13.6 Å². The maximum atomic E-state index is 14.2. The standard InChI is InChI=1S/C14H23F2N3O3S/c1-4-23(3,5-2)21-9-10-8-14(15,16)12(22-10)19-7-6-11(17)18-13(19)20/h6-7,10,12H,4-5,8-9H2,1-3H3,(H2,17,18,20). The lowest BCUT2D eigenvalue weighted by atomic mass is 10.2. The van der Waals surface area contributed by atoms with Crippen molar-refractivity contribution in [1.29, 1.82) is 0 Å². The summed E-state index contributed by atoms with van der Waals surface area (Å²) in [6, 6.07) is 1.29. The van der Waals surface area contributed by atoms with Crippen molar-refractivity contribution in [1.82, 2.24) is 9.55 Å². The molecular weight excluding hydrogens is 328 g/mol. The third-order valence-electron chi connectivity index (χ3n) is 4.05. The summed E-state index contributed by atoms with van der Waals surface area (Å²) in [5, 5.41) is 0. The molecule has 6 nitrogen and oxygen atoms in total. The van der Waals surface area contributed by atoms with E-state index in [4.69, 9.17) is 14.7 Å². The summed E-state index contributed by atoms with van der Waals surface area (Å²) in [7, 11) is -1.26. The van der Waals surface area contributed by atoms with Crippen molar-refractivity contribution in [3.05, 3.63) is 22.7 Å². The third-order valence-corrected chi connectivity index (χ3v) is 7.19. The summed E-state index contributed by atoms with van der Waals surface area (Å²) in [5.41, 5.74) is 4.52. The first-order valence-electron chi connectivity index (χ1n) is 7.47. The maximum Gasteiger partial charge on any atom is 0.351 e. The van der Waals surface area contributed by atoms with Crippen LogP contribution in [0.1, 0.15) is 26.5 Å². The average molecular weight is 351 g/mol. The number of rotatable bonds is 6. The first-order chi connectivity index (χ1) is 10.7. The number of hydrogen-bond donors (Lipinski definition) is 1. The highest BCUT2D eigenvalue weighted by Gasteiger charge is 2.52. The average Bonchev–Trinajstić information content (AvgIpc) is 2.80. The zero-order valence-corrected chi connectivity index (χ0v) is 14.3. The number of anilines is 1. The summed E-state index contributed by atoms with van der Waals surface area (Å²) in [5.74, 6) is -1.47. The molecule has 2 unspecified atom stereocenters. The molecule has 2 rings (SSSR count). The van der Waals surface area contributed by atoms with Gasteiger partial charge in [0.1, 0.15) is 5.82 Å². The highest BCUT2D eigenvalue weighted by Crippen LogP contribution is 2.47. The fraction of sp³-hybridized carbons (Fsp3) is 0.714. The summed E-state index contributed by atoms with van der Waals surface area (Å²) >= 11 is 0. The number of nitrogen functional groups attached to an aromatic ring is 1. The van der Waals surface area contributed by atoms with Crippen molar-refractivity contribution < 1.29 is 17.7 Å². The number of aromatic nitrogens is 2. The van der Waals surface area contributed by atoms with E-state index in [1.807, 2.05) is 20.1 Å². The second-order valence-corrected chi connectivity index (χ2v) is 9.42. The molecule has 0 amide bonds. The van der Waals surface area contributed by atoms with Crippen molar-refractivity contribution in [2.45, 2.75) is 38.5 Å². The molecule has 0 aliphatic carbocycles. The van der Waals surface area contributed by atoms with E-state index in [1.54, 1.807) is 0 Å². The van der Waals surface area contributed by atoms with Crippen LogP contribution >= 0.6 is 10.3 Å². The van der Waals surface area contributed by atoms with Crippen LogP contribution in [-0.2, 0) is 8.92 Å². The molecule has 2 heterocycles. The van der Waals surface area contributed by atoms with Crippen molar-refractivity contribution >= 4 is 16.1 Å². The summed E-state index contributed by atoms with van der Waals surface area (Å²) in [6.45, 7) is 4.13. The molecule has 1 aliphatic heterocycles. The van der Waals surface area contributed by atoms with E-state index in [0.29, 0.717) is 0 Å². The van der Waals surface area contributed by atoms with Gasteiger partial charge in [0.15, 0.2) is 0 Å². The second kappa shape index (κ2) is 6.74. The van der Waals surface area contributed by atoms with E-state index < -0.39 is 40.7 Å². The topological polar surface area (TPSA) is 79.4 Å². The maximum absolute atomic E-state index is 14.2. The van der Waals surface area contributed by atoms with Crippen LogP contribution in [0, 0.1) is 0 Å². The van der Waals surface area contributed by atoms with E-state index in [1.165, 1.54) is 12.3 Å². The normalized spacial score (nSPS) is 24.7. The Kier molecular flexibility index (Phi) is 5.32. The monoisotopic (exact) mass is 351 g/mol. The highest BCUT2D eigenvalue weighted by molar-refractivity contribution is 8.29. The minimum Gasteiger partial charge on any atom is -0.383 e. The van der Waals surface area contributed by atoms with Crippen LogP contribution in [-0.4, -0.2) is 45.9 Å². The Bertz CT molecular complexity index is 607. The largest absolute Gasteiger partial charge is 0.383 e. The van der Waals surface area contributed by atoms with Gasteiger partial charge in [-0.3, -0.25) is 4.57 Å². The molecular formula is C14H23F2N3O3S. The predicted molar refractivity (Wildman–Crippen MR) is 86.9 cm³/mol. The summed E-state index contributed by atoms with van der Waals surface area (Å²) in [4.78, 5) is 15.2. The van der Waals surface area contributed by atoms with Gasteiger partial charge in [-0.15, -0.1) is 10.3 Å². The molecule has 1 aliphatic rings. The van der Waals surface area contributed by atoms with E-state index in [2.05, 4.69) is 4.98 Å². The van der Waals surface area contributed by atoms with Crippen LogP contribution in [0.15, 0.2) is 17.1 Å². The minimum absolute atomic E-state index is 0.0160. The van der Waals surface area contributed by atoms with Crippen LogP contribution < -0.4 is 11.4 Å². The summed E-state index contributed by atoms with van der Waals surface area (Å²) < 4.78 is 40.4. The first kappa shape index (κ1) is 18.2. The third kappa shape index (κ3) is 4.02. The first-order valence-corrected chi connectivity index (χ1v) is 9.77. The van der Waals surface area contributed by atoms with Crippen LogP contribution in [0.5, 0.6) is 0 Å². The smallest absolute Gasteiger partial charge is 0.351 e. The molecule has 9 heteroatoms. The van der Waals surface area contributed by atoms with E-state index in [9.17, 15) is 13.6 Å². The molecule has 23 heavy (non-hydrogen) atoms. The van der Waals surface area contributed by atoms with Crippen molar-refractivity contribution in [2.24, 2.45) is 0 Å². The van der Waals surface area contributed by atoms with Gasteiger partial charge in [-0.05, 0) is 23.8 Å².